The molecule has 1 fully saturated rings. The Morgan fingerprint density at radius 2 is 1.45 bits per heavy atom. The van der Waals surface area contributed by atoms with E-state index in [9.17, 15) is 9.59 Å². The van der Waals surface area contributed by atoms with Gasteiger partial charge in [-0.1, -0.05) is 72.8 Å². The van der Waals surface area contributed by atoms with Gasteiger partial charge in [0.05, 0.1) is 17.6 Å². The van der Waals surface area contributed by atoms with Crippen LogP contribution in [0.15, 0.2) is 114 Å². The summed E-state index contributed by atoms with van der Waals surface area (Å²) in [6.07, 6.45) is 1.87. The number of piperidine rings is 1. The van der Waals surface area contributed by atoms with Crippen LogP contribution >= 0.6 is 0 Å². The van der Waals surface area contributed by atoms with Crippen molar-refractivity contribution in [2.45, 2.75) is 38.4 Å². The number of hydrogen-bond donors (Lipinski definition) is 1. The van der Waals surface area contributed by atoms with Crippen molar-refractivity contribution in [2.24, 2.45) is 0 Å². The largest absolute Gasteiger partial charge is 0.457 e. The van der Waals surface area contributed by atoms with E-state index < -0.39 is 0 Å². The fraction of sp³-hybridized carbons (Fsp3) is 0.278. The third kappa shape index (κ3) is 7.38. The topological polar surface area (TPSA) is 79.8 Å². The number of amides is 1. The van der Waals surface area contributed by atoms with Crippen LogP contribution in [0.25, 0.3) is 11.0 Å². The van der Waals surface area contributed by atoms with Gasteiger partial charge in [0.25, 0.3) is 0 Å². The molecule has 8 nitrogen and oxygen atoms in total. The van der Waals surface area contributed by atoms with E-state index >= 15 is 0 Å². The molecule has 8 heteroatoms. The van der Waals surface area contributed by atoms with Gasteiger partial charge in [-0.15, -0.1) is 0 Å². The summed E-state index contributed by atoms with van der Waals surface area (Å²) in [5.74, 6) is 1.62. The zero-order valence-corrected chi connectivity index (χ0v) is 24.8. The van der Waals surface area contributed by atoms with Crippen molar-refractivity contribution in [2.75, 3.05) is 26.2 Å². The Bertz CT molecular complexity index is 1710. The second-order valence-electron chi connectivity index (χ2n) is 11.3. The van der Waals surface area contributed by atoms with Crippen molar-refractivity contribution in [1.82, 2.24) is 19.4 Å². The van der Waals surface area contributed by atoms with Gasteiger partial charge in [-0.2, -0.15) is 0 Å². The second-order valence-corrected chi connectivity index (χ2v) is 11.3. The highest BCUT2D eigenvalue weighted by Crippen LogP contribution is 2.26. The van der Waals surface area contributed by atoms with Crippen LogP contribution in [0, 0.1) is 0 Å². The van der Waals surface area contributed by atoms with Gasteiger partial charge in [-0.3, -0.25) is 9.47 Å². The van der Waals surface area contributed by atoms with Gasteiger partial charge in [0, 0.05) is 38.8 Å². The van der Waals surface area contributed by atoms with Gasteiger partial charge < -0.3 is 19.4 Å². The number of carbonyl (C=O) groups excluding carboxylic acids is 1. The van der Waals surface area contributed by atoms with Gasteiger partial charge in [0.1, 0.15) is 11.5 Å². The maximum absolute atomic E-state index is 12.9. The predicted molar refractivity (Wildman–Crippen MR) is 172 cm³/mol. The van der Waals surface area contributed by atoms with E-state index in [0.29, 0.717) is 19.7 Å². The molecule has 1 amide bonds. The molecule has 0 aliphatic carbocycles. The molecule has 6 rings (SSSR count). The van der Waals surface area contributed by atoms with E-state index in [1.807, 2.05) is 77.4 Å². The lowest BCUT2D eigenvalue weighted by Crippen LogP contribution is -2.41. The van der Waals surface area contributed by atoms with Crippen molar-refractivity contribution in [3.63, 3.8) is 0 Å². The summed E-state index contributed by atoms with van der Waals surface area (Å²) in [5.41, 5.74) is 4.05. The number of nitrogens with one attached hydrogen (secondary N) is 1. The first-order valence-electron chi connectivity index (χ1n) is 15.3. The summed E-state index contributed by atoms with van der Waals surface area (Å²) in [4.78, 5) is 32.5. The third-order valence-electron chi connectivity index (χ3n) is 8.09. The summed E-state index contributed by atoms with van der Waals surface area (Å²) in [6.45, 7) is 3.80. The average molecular weight is 591 g/mol. The van der Waals surface area contributed by atoms with E-state index in [0.717, 1.165) is 67.0 Å². The van der Waals surface area contributed by atoms with Gasteiger partial charge in [0.15, 0.2) is 0 Å². The van der Waals surface area contributed by atoms with E-state index in [1.54, 1.807) is 4.90 Å². The molecule has 1 aliphatic rings. The summed E-state index contributed by atoms with van der Waals surface area (Å²) in [6, 6.07) is 36.2. The molecular weight excluding hydrogens is 552 g/mol. The highest BCUT2D eigenvalue weighted by Gasteiger charge is 2.26. The van der Waals surface area contributed by atoms with Gasteiger partial charge in [-0.25, -0.2) is 9.59 Å². The number of H-pyrrole nitrogens is 1. The van der Waals surface area contributed by atoms with Crippen LogP contribution in [0.2, 0.25) is 0 Å². The number of nitrogens with zero attached hydrogens (tertiary/aromatic N) is 3. The minimum absolute atomic E-state index is 0.0610. The number of ether oxygens (including phenoxy) is 2. The summed E-state index contributed by atoms with van der Waals surface area (Å²) < 4.78 is 13.6. The molecule has 226 valence electrons. The minimum atomic E-state index is -0.282. The highest BCUT2D eigenvalue weighted by atomic mass is 16.6. The number of imidazole rings is 1. The fourth-order valence-electron chi connectivity index (χ4n) is 5.93. The Hall–Kier alpha value is -4.82. The Labute approximate surface area is 257 Å². The SMILES string of the molecule is O=C(OCCCN(Cc1ccccc1)Cc1cccc(Oc2ccccc2)c1)N1CCC(n2c(=O)[nH]c3ccccc32)CC1. The maximum Gasteiger partial charge on any atom is 0.409 e. The molecule has 2 heterocycles. The minimum Gasteiger partial charge on any atom is -0.457 e. The Morgan fingerprint density at radius 3 is 2.25 bits per heavy atom. The van der Waals surface area contributed by atoms with Crippen LogP contribution in [-0.2, 0) is 17.8 Å². The Kier molecular flexibility index (Phi) is 9.38. The number of likely N-dealkylation sites (tertiary alicyclic amines) is 1. The molecule has 0 bridgehead atoms. The number of aromatic nitrogens is 2. The number of aromatic amines is 1. The van der Waals surface area contributed by atoms with Gasteiger partial charge in [-0.05, 0) is 66.8 Å². The lowest BCUT2D eigenvalue weighted by molar-refractivity contribution is 0.0840. The molecule has 0 atom stereocenters. The van der Waals surface area contributed by atoms with E-state index in [2.05, 4.69) is 46.3 Å². The molecule has 0 spiro atoms. The summed E-state index contributed by atoms with van der Waals surface area (Å²) in [7, 11) is 0. The van der Waals surface area contributed by atoms with Crippen molar-refractivity contribution in [1.29, 1.82) is 0 Å². The van der Waals surface area contributed by atoms with Crippen molar-refractivity contribution in [3.05, 3.63) is 131 Å². The van der Waals surface area contributed by atoms with Crippen LogP contribution in [-0.4, -0.2) is 51.7 Å². The van der Waals surface area contributed by atoms with Crippen LogP contribution in [0.1, 0.15) is 36.4 Å². The second kappa shape index (κ2) is 14.1. The first kappa shape index (κ1) is 29.3. The number of carbonyl (C=O) groups is 1. The first-order chi connectivity index (χ1) is 21.6. The molecule has 1 aliphatic heterocycles. The van der Waals surface area contributed by atoms with E-state index in [4.69, 9.17) is 9.47 Å². The lowest BCUT2D eigenvalue weighted by Gasteiger charge is -2.32. The normalized spacial score (nSPS) is 13.8. The van der Waals surface area contributed by atoms with Gasteiger partial charge in [0.2, 0.25) is 0 Å². The molecule has 0 unspecified atom stereocenters. The number of benzene rings is 4. The monoisotopic (exact) mass is 590 g/mol. The van der Waals surface area contributed by atoms with Gasteiger partial charge >= 0.3 is 11.8 Å². The third-order valence-corrected chi connectivity index (χ3v) is 8.09. The zero-order valence-electron chi connectivity index (χ0n) is 24.8. The number of hydrogen-bond acceptors (Lipinski definition) is 5. The zero-order chi connectivity index (χ0) is 30.1. The lowest BCUT2D eigenvalue weighted by atomic mass is 10.0. The molecule has 1 N–H and O–H groups in total. The smallest absolute Gasteiger partial charge is 0.409 e. The molecule has 4 aromatic carbocycles. The molecule has 0 saturated carbocycles. The molecule has 5 aromatic rings. The average Bonchev–Trinajstić information content (AvgIpc) is 3.39. The Balaban J connectivity index is 1.01. The van der Waals surface area contributed by atoms with Crippen molar-refractivity contribution >= 4 is 17.1 Å². The van der Waals surface area contributed by atoms with Crippen LogP contribution in [0.3, 0.4) is 0 Å². The molecule has 0 radical (unpaired) electrons. The quantitative estimate of drug-likeness (QED) is 0.168. The fourth-order valence-corrected chi connectivity index (χ4v) is 5.93. The number of para-hydroxylation sites is 3. The first-order valence-corrected chi connectivity index (χ1v) is 15.3. The molecule has 1 saturated heterocycles. The molecule has 1 aromatic heterocycles. The van der Waals surface area contributed by atoms with E-state index in [-0.39, 0.29) is 17.8 Å². The van der Waals surface area contributed by atoms with Crippen LogP contribution in [0.5, 0.6) is 11.5 Å². The van der Waals surface area contributed by atoms with Crippen LogP contribution < -0.4 is 10.4 Å². The summed E-state index contributed by atoms with van der Waals surface area (Å²) in [5, 5.41) is 0. The van der Waals surface area contributed by atoms with Crippen molar-refractivity contribution < 1.29 is 14.3 Å². The standard InChI is InChI=1S/C36H38N4O4/c41-35-37-33-17-7-8-18-34(33)40(35)30-19-22-39(23-20-30)36(42)43-24-10-21-38(26-28-11-3-1-4-12-28)27-29-13-9-16-32(25-29)44-31-14-5-2-6-15-31/h1-9,11-18,25,30H,10,19-24,26-27H2,(H,37,41). The van der Waals surface area contributed by atoms with E-state index in [1.165, 1.54) is 5.56 Å². The predicted octanol–water partition coefficient (Wildman–Crippen LogP) is 6.99. The van der Waals surface area contributed by atoms with Crippen LogP contribution in [0.4, 0.5) is 4.79 Å². The maximum atomic E-state index is 12.9. The number of rotatable bonds is 11. The highest BCUT2D eigenvalue weighted by molar-refractivity contribution is 5.75. The number of fused-ring (bicyclic) bond motifs is 1. The molecule has 44 heavy (non-hydrogen) atoms. The summed E-state index contributed by atoms with van der Waals surface area (Å²) >= 11 is 0. The van der Waals surface area contributed by atoms with Crippen molar-refractivity contribution in [3.8, 4) is 11.5 Å². The Morgan fingerprint density at radius 1 is 0.795 bits per heavy atom. The molecular formula is C36H38N4O4.